The highest BCUT2D eigenvalue weighted by Gasteiger charge is 2.17. The number of nitrogens with one attached hydrogen (secondary N) is 1. The maximum atomic E-state index is 12.1. The smallest absolute Gasteiger partial charge is 0.206 e. The van der Waals surface area contributed by atoms with Crippen LogP contribution in [0.3, 0.4) is 0 Å². The summed E-state index contributed by atoms with van der Waals surface area (Å²) in [6, 6.07) is 9.46. The summed E-state index contributed by atoms with van der Waals surface area (Å²) in [5, 5.41) is 0. The van der Waals surface area contributed by atoms with E-state index < -0.39 is 10.0 Å². The third-order valence-corrected chi connectivity index (χ3v) is 6.66. The molecule has 0 aliphatic rings. The molecule has 0 aliphatic carbocycles. The van der Waals surface area contributed by atoms with Gasteiger partial charge in [-0.2, -0.15) is 0 Å². The molecule has 2 aromatic rings. The van der Waals surface area contributed by atoms with Crippen LogP contribution in [0.25, 0.3) is 0 Å². The molecule has 1 aromatic carbocycles. The Hall–Kier alpha value is -0.690. The van der Waals surface area contributed by atoms with Crippen molar-refractivity contribution in [2.45, 2.75) is 24.6 Å². The van der Waals surface area contributed by atoms with Crippen LogP contribution in [-0.2, 0) is 16.6 Å². The quantitative estimate of drug-likeness (QED) is 0.906. The first-order valence-corrected chi connectivity index (χ1v) is 8.79. The van der Waals surface area contributed by atoms with Gasteiger partial charge in [-0.3, -0.25) is 0 Å². The molecule has 0 saturated heterocycles. The van der Waals surface area contributed by atoms with E-state index in [4.69, 9.17) is 0 Å². The molecule has 19 heavy (non-hydrogen) atoms. The van der Waals surface area contributed by atoms with Gasteiger partial charge in [-0.1, -0.05) is 29.8 Å². The Morgan fingerprint density at radius 3 is 2.58 bits per heavy atom. The molecule has 0 saturated carbocycles. The molecule has 0 radical (unpaired) electrons. The fourth-order valence-electron chi connectivity index (χ4n) is 1.64. The zero-order chi connectivity index (χ0) is 14.0. The second kappa shape index (κ2) is 5.75. The van der Waals surface area contributed by atoms with E-state index in [1.807, 2.05) is 38.1 Å². The zero-order valence-electron chi connectivity index (χ0n) is 10.6. The molecule has 3 nitrogen and oxygen atoms in total. The standard InChI is InChI=1S/C13H14BrNO2S2/c1-9-4-3-5-11(6-9)8-15-19(16,17)12-7-10(2)13(14)18-12/h3-7,15H,8H2,1-2H3. The second-order valence-electron chi connectivity index (χ2n) is 4.34. The first-order valence-electron chi connectivity index (χ1n) is 5.69. The Morgan fingerprint density at radius 2 is 2.00 bits per heavy atom. The van der Waals surface area contributed by atoms with Crippen molar-refractivity contribution in [3.05, 3.63) is 50.8 Å². The largest absolute Gasteiger partial charge is 0.250 e. The summed E-state index contributed by atoms with van der Waals surface area (Å²) >= 11 is 4.57. The molecule has 0 bridgehead atoms. The van der Waals surface area contributed by atoms with Gasteiger partial charge in [-0.05, 0) is 47.0 Å². The minimum absolute atomic E-state index is 0.304. The molecule has 0 unspecified atom stereocenters. The number of hydrogen-bond donors (Lipinski definition) is 1. The van der Waals surface area contributed by atoms with Crippen molar-refractivity contribution in [3.8, 4) is 0 Å². The van der Waals surface area contributed by atoms with Gasteiger partial charge in [0.2, 0.25) is 10.0 Å². The van der Waals surface area contributed by atoms with E-state index in [1.54, 1.807) is 6.07 Å². The Balaban J connectivity index is 2.14. The van der Waals surface area contributed by atoms with Gasteiger partial charge in [0.1, 0.15) is 4.21 Å². The predicted octanol–water partition coefficient (Wildman–Crippen LogP) is 3.61. The number of halogens is 1. The van der Waals surface area contributed by atoms with Crippen LogP contribution in [0.2, 0.25) is 0 Å². The molecule has 1 heterocycles. The summed E-state index contributed by atoms with van der Waals surface area (Å²) in [7, 11) is -3.43. The molecule has 0 amide bonds. The maximum absolute atomic E-state index is 12.1. The highest BCUT2D eigenvalue weighted by atomic mass is 79.9. The van der Waals surface area contributed by atoms with E-state index in [2.05, 4.69) is 20.7 Å². The van der Waals surface area contributed by atoms with E-state index in [0.29, 0.717) is 10.8 Å². The van der Waals surface area contributed by atoms with Crippen LogP contribution >= 0.6 is 27.3 Å². The molecule has 2 rings (SSSR count). The summed E-state index contributed by atoms with van der Waals surface area (Å²) in [4.78, 5) is 0. The van der Waals surface area contributed by atoms with Crippen LogP contribution in [-0.4, -0.2) is 8.42 Å². The molecule has 0 aliphatic heterocycles. The predicted molar refractivity (Wildman–Crippen MR) is 82.0 cm³/mol. The second-order valence-corrected chi connectivity index (χ2v) is 8.70. The van der Waals surface area contributed by atoms with Gasteiger partial charge >= 0.3 is 0 Å². The maximum Gasteiger partial charge on any atom is 0.250 e. The molecule has 0 atom stereocenters. The van der Waals surface area contributed by atoms with Crippen molar-refractivity contribution >= 4 is 37.3 Å². The highest BCUT2D eigenvalue weighted by molar-refractivity contribution is 9.11. The SMILES string of the molecule is Cc1cccc(CNS(=O)(=O)c2cc(C)c(Br)s2)c1. The normalized spacial score (nSPS) is 11.7. The van der Waals surface area contributed by atoms with Gasteiger partial charge in [-0.25, -0.2) is 13.1 Å². The lowest BCUT2D eigenvalue weighted by Gasteiger charge is -2.05. The third-order valence-electron chi connectivity index (χ3n) is 2.65. The zero-order valence-corrected chi connectivity index (χ0v) is 13.8. The van der Waals surface area contributed by atoms with Crippen LogP contribution in [0.1, 0.15) is 16.7 Å². The van der Waals surface area contributed by atoms with Crippen molar-refractivity contribution < 1.29 is 8.42 Å². The number of thiophene rings is 1. The van der Waals surface area contributed by atoms with E-state index in [1.165, 1.54) is 11.3 Å². The lowest BCUT2D eigenvalue weighted by Crippen LogP contribution is -2.22. The summed E-state index contributed by atoms with van der Waals surface area (Å²) in [5.41, 5.74) is 3.00. The van der Waals surface area contributed by atoms with Crippen LogP contribution in [0.4, 0.5) is 0 Å². The number of rotatable bonds is 4. The van der Waals surface area contributed by atoms with Gasteiger partial charge in [0.05, 0.1) is 3.79 Å². The van der Waals surface area contributed by atoms with Gasteiger partial charge in [0, 0.05) is 6.54 Å². The molecule has 0 fully saturated rings. The fraction of sp³-hybridized carbons (Fsp3) is 0.231. The Morgan fingerprint density at radius 1 is 1.26 bits per heavy atom. The molecular weight excluding hydrogens is 346 g/mol. The van der Waals surface area contributed by atoms with Crippen LogP contribution in [0.15, 0.2) is 38.3 Å². The molecule has 102 valence electrons. The van der Waals surface area contributed by atoms with Crippen LogP contribution in [0.5, 0.6) is 0 Å². The van der Waals surface area contributed by atoms with E-state index in [-0.39, 0.29) is 0 Å². The molecule has 0 spiro atoms. The van der Waals surface area contributed by atoms with Crippen molar-refractivity contribution in [3.63, 3.8) is 0 Å². The summed E-state index contributed by atoms with van der Waals surface area (Å²) in [6.07, 6.45) is 0. The summed E-state index contributed by atoms with van der Waals surface area (Å²) in [6.45, 7) is 4.16. The fourth-order valence-corrected chi connectivity index (χ4v) is 4.92. The Bertz CT molecular complexity index is 673. The van der Waals surface area contributed by atoms with Crippen LogP contribution in [0, 0.1) is 13.8 Å². The van der Waals surface area contributed by atoms with Crippen molar-refractivity contribution in [2.75, 3.05) is 0 Å². The van der Waals surface area contributed by atoms with Gasteiger partial charge in [0.15, 0.2) is 0 Å². The monoisotopic (exact) mass is 359 g/mol. The summed E-state index contributed by atoms with van der Waals surface area (Å²) < 4.78 is 28.1. The lowest BCUT2D eigenvalue weighted by molar-refractivity contribution is 0.583. The van der Waals surface area contributed by atoms with E-state index in [0.717, 1.165) is 20.5 Å². The Labute approximate surface area is 125 Å². The topological polar surface area (TPSA) is 46.2 Å². The minimum atomic E-state index is -3.43. The number of aryl methyl sites for hydroxylation is 2. The molecule has 1 N–H and O–H groups in total. The van der Waals surface area contributed by atoms with Gasteiger partial charge in [-0.15, -0.1) is 11.3 Å². The summed E-state index contributed by atoms with van der Waals surface area (Å²) in [5.74, 6) is 0. The highest BCUT2D eigenvalue weighted by Crippen LogP contribution is 2.30. The number of sulfonamides is 1. The minimum Gasteiger partial charge on any atom is -0.206 e. The number of benzene rings is 1. The van der Waals surface area contributed by atoms with Crippen molar-refractivity contribution in [1.82, 2.24) is 4.72 Å². The third kappa shape index (κ3) is 3.66. The van der Waals surface area contributed by atoms with Gasteiger partial charge in [0.25, 0.3) is 0 Å². The molecular formula is C13H14BrNO2S2. The Kier molecular flexibility index (Phi) is 4.45. The molecule has 1 aromatic heterocycles. The lowest BCUT2D eigenvalue weighted by atomic mass is 10.1. The van der Waals surface area contributed by atoms with Crippen LogP contribution < -0.4 is 4.72 Å². The first kappa shape index (κ1) is 14.7. The van der Waals surface area contributed by atoms with E-state index >= 15 is 0 Å². The number of hydrogen-bond acceptors (Lipinski definition) is 3. The van der Waals surface area contributed by atoms with E-state index in [9.17, 15) is 8.42 Å². The average molecular weight is 360 g/mol. The average Bonchev–Trinajstić information content (AvgIpc) is 2.68. The van der Waals surface area contributed by atoms with Crippen molar-refractivity contribution in [2.24, 2.45) is 0 Å². The first-order chi connectivity index (χ1) is 8.88. The molecule has 6 heteroatoms. The van der Waals surface area contributed by atoms with Gasteiger partial charge < -0.3 is 0 Å². The van der Waals surface area contributed by atoms with Crippen molar-refractivity contribution in [1.29, 1.82) is 0 Å².